The van der Waals surface area contributed by atoms with E-state index in [-0.39, 0.29) is 11.3 Å². The normalized spacial score (nSPS) is 11.7. The fourth-order valence-corrected chi connectivity index (χ4v) is 3.51. The molecule has 1 N–H and O–H groups in total. The van der Waals surface area contributed by atoms with E-state index in [4.69, 9.17) is 0 Å². The summed E-state index contributed by atoms with van der Waals surface area (Å²) in [6.45, 7) is 6.24. The lowest BCUT2D eigenvalue weighted by Crippen LogP contribution is -2.36. The maximum atomic E-state index is 12.7. The third-order valence-electron chi connectivity index (χ3n) is 5.01. The second kappa shape index (κ2) is 12.1. The Hall–Kier alpha value is -1.35. The van der Waals surface area contributed by atoms with Gasteiger partial charge < -0.3 is 10.2 Å². The summed E-state index contributed by atoms with van der Waals surface area (Å²) in [6, 6.07) is 10.7. The number of nitrogens with one attached hydrogen (secondary N) is 1. The minimum Gasteiger partial charge on any atom is -0.356 e. The van der Waals surface area contributed by atoms with Crippen LogP contribution in [0.5, 0.6) is 0 Å². The third-order valence-corrected chi connectivity index (χ3v) is 5.01. The molecule has 0 heterocycles. The fraction of sp³-hybridized carbons (Fsp3) is 0.682. The Morgan fingerprint density at radius 2 is 1.60 bits per heavy atom. The van der Waals surface area contributed by atoms with Crippen molar-refractivity contribution in [1.29, 1.82) is 0 Å². The molecule has 0 aliphatic carbocycles. The molecular formula is C22H38N2O. The smallest absolute Gasteiger partial charge is 0.220 e. The van der Waals surface area contributed by atoms with Crippen molar-refractivity contribution in [2.45, 2.75) is 70.6 Å². The number of carbonyl (C=O) groups excluding carboxylic acids is 1. The van der Waals surface area contributed by atoms with E-state index in [1.165, 1.54) is 31.2 Å². The number of carbonyl (C=O) groups is 1. The average molecular weight is 347 g/mol. The van der Waals surface area contributed by atoms with E-state index in [1.807, 2.05) is 0 Å². The van der Waals surface area contributed by atoms with Crippen LogP contribution in [0.2, 0.25) is 0 Å². The summed E-state index contributed by atoms with van der Waals surface area (Å²) in [5, 5.41) is 3.15. The molecule has 3 nitrogen and oxygen atoms in total. The van der Waals surface area contributed by atoms with Crippen LogP contribution in [0, 0.1) is 0 Å². The lowest BCUT2D eigenvalue weighted by Gasteiger charge is -2.34. The minimum atomic E-state index is -0.0150. The van der Waals surface area contributed by atoms with Gasteiger partial charge in [-0.2, -0.15) is 0 Å². The second-order valence-electron chi connectivity index (χ2n) is 7.54. The van der Waals surface area contributed by atoms with E-state index in [9.17, 15) is 4.79 Å². The predicted octanol–water partition coefficient (Wildman–Crippen LogP) is 4.76. The van der Waals surface area contributed by atoms with Gasteiger partial charge in [0.2, 0.25) is 5.91 Å². The standard InChI is InChI=1S/C22H38N2O/c1-5-7-15-22(16-8-6-2,20-13-10-9-11-14-20)19-21(25)23-17-12-18-24(3)4/h9-11,13-14H,5-8,12,15-19H2,1-4H3,(H,23,25). The van der Waals surface area contributed by atoms with Crippen molar-refractivity contribution < 1.29 is 4.79 Å². The van der Waals surface area contributed by atoms with E-state index < -0.39 is 0 Å². The predicted molar refractivity (Wildman–Crippen MR) is 108 cm³/mol. The molecule has 0 spiro atoms. The molecule has 0 aromatic heterocycles. The van der Waals surface area contributed by atoms with Crippen LogP contribution in [0.4, 0.5) is 0 Å². The molecular weight excluding hydrogens is 308 g/mol. The summed E-state index contributed by atoms with van der Waals surface area (Å²) < 4.78 is 0. The van der Waals surface area contributed by atoms with Gasteiger partial charge in [0.05, 0.1) is 0 Å². The molecule has 1 aromatic carbocycles. The highest BCUT2D eigenvalue weighted by atomic mass is 16.1. The summed E-state index contributed by atoms with van der Waals surface area (Å²) in [5.74, 6) is 0.204. The van der Waals surface area contributed by atoms with Crippen molar-refractivity contribution in [3.05, 3.63) is 35.9 Å². The number of amides is 1. The zero-order valence-electron chi connectivity index (χ0n) is 16.8. The minimum absolute atomic E-state index is 0.0150. The molecule has 25 heavy (non-hydrogen) atoms. The van der Waals surface area contributed by atoms with Crippen molar-refractivity contribution in [2.75, 3.05) is 27.2 Å². The Balaban J connectivity index is 2.82. The molecule has 0 saturated carbocycles. The van der Waals surface area contributed by atoms with Gasteiger partial charge in [0, 0.05) is 18.4 Å². The quantitative estimate of drug-likeness (QED) is 0.522. The van der Waals surface area contributed by atoms with Crippen LogP contribution in [-0.2, 0) is 10.2 Å². The Labute approximate surface area is 155 Å². The Bertz CT molecular complexity index is 462. The summed E-state index contributed by atoms with van der Waals surface area (Å²) in [6.07, 6.45) is 8.49. The maximum absolute atomic E-state index is 12.7. The highest BCUT2D eigenvalue weighted by Gasteiger charge is 2.33. The second-order valence-corrected chi connectivity index (χ2v) is 7.54. The molecule has 0 bridgehead atoms. The first-order valence-electron chi connectivity index (χ1n) is 10.0. The average Bonchev–Trinajstić information content (AvgIpc) is 2.61. The first kappa shape index (κ1) is 21.7. The monoisotopic (exact) mass is 346 g/mol. The van der Waals surface area contributed by atoms with Crippen LogP contribution in [0.1, 0.15) is 70.8 Å². The van der Waals surface area contributed by atoms with Gasteiger partial charge in [-0.15, -0.1) is 0 Å². The summed E-state index contributed by atoms with van der Waals surface area (Å²) in [7, 11) is 4.13. The molecule has 1 rings (SSSR count). The van der Waals surface area contributed by atoms with Crippen molar-refractivity contribution in [2.24, 2.45) is 0 Å². The third kappa shape index (κ3) is 8.04. The van der Waals surface area contributed by atoms with Crippen molar-refractivity contribution in [1.82, 2.24) is 10.2 Å². The maximum Gasteiger partial charge on any atom is 0.220 e. The Morgan fingerprint density at radius 3 is 2.12 bits per heavy atom. The lowest BCUT2D eigenvalue weighted by atomic mass is 9.70. The zero-order chi connectivity index (χ0) is 18.5. The number of unbranched alkanes of at least 4 members (excludes halogenated alkanes) is 2. The summed E-state index contributed by atoms with van der Waals surface area (Å²) in [4.78, 5) is 14.8. The van der Waals surface area contributed by atoms with Gasteiger partial charge in [0.1, 0.15) is 0 Å². The van der Waals surface area contributed by atoms with Gasteiger partial charge in [0.15, 0.2) is 0 Å². The zero-order valence-corrected chi connectivity index (χ0v) is 16.8. The van der Waals surface area contributed by atoms with E-state index in [1.54, 1.807) is 0 Å². The van der Waals surface area contributed by atoms with Gasteiger partial charge in [-0.25, -0.2) is 0 Å². The van der Waals surface area contributed by atoms with Crippen LogP contribution < -0.4 is 5.32 Å². The number of benzene rings is 1. The van der Waals surface area contributed by atoms with Gasteiger partial charge in [0.25, 0.3) is 0 Å². The molecule has 0 aliphatic rings. The molecule has 142 valence electrons. The summed E-state index contributed by atoms with van der Waals surface area (Å²) >= 11 is 0. The fourth-order valence-electron chi connectivity index (χ4n) is 3.51. The van der Waals surface area contributed by atoms with Crippen LogP contribution >= 0.6 is 0 Å². The van der Waals surface area contributed by atoms with Crippen LogP contribution in [-0.4, -0.2) is 38.0 Å². The molecule has 0 unspecified atom stereocenters. The van der Waals surface area contributed by atoms with Crippen LogP contribution in [0.3, 0.4) is 0 Å². The molecule has 1 amide bonds. The van der Waals surface area contributed by atoms with Gasteiger partial charge in [-0.3, -0.25) is 4.79 Å². The van der Waals surface area contributed by atoms with Crippen molar-refractivity contribution in [3.8, 4) is 0 Å². The summed E-state index contributed by atoms with van der Waals surface area (Å²) in [5.41, 5.74) is 1.32. The SMILES string of the molecule is CCCCC(CCCC)(CC(=O)NCCCN(C)C)c1ccccc1. The van der Waals surface area contributed by atoms with Gasteiger partial charge >= 0.3 is 0 Å². The van der Waals surface area contributed by atoms with E-state index in [2.05, 4.69) is 68.5 Å². The van der Waals surface area contributed by atoms with Gasteiger partial charge in [-0.1, -0.05) is 69.9 Å². The molecule has 0 saturated heterocycles. The number of hydrogen-bond donors (Lipinski definition) is 1. The Kier molecular flexibility index (Phi) is 10.5. The molecule has 0 atom stereocenters. The molecule has 1 aromatic rings. The molecule has 0 fully saturated rings. The van der Waals surface area contributed by atoms with Crippen molar-refractivity contribution in [3.63, 3.8) is 0 Å². The first-order valence-corrected chi connectivity index (χ1v) is 10.0. The lowest BCUT2D eigenvalue weighted by molar-refractivity contribution is -0.122. The van der Waals surface area contributed by atoms with E-state index in [0.717, 1.165) is 32.4 Å². The van der Waals surface area contributed by atoms with Crippen LogP contribution in [0.25, 0.3) is 0 Å². The molecule has 3 heteroatoms. The molecule has 0 aliphatic heterocycles. The largest absolute Gasteiger partial charge is 0.356 e. The number of nitrogens with zero attached hydrogens (tertiary/aromatic N) is 1. The van der Waals surface area contributed by atoms with Crippen LogP contribution in [0.15, 0.2) is 30.3 Å². The van der Waals surface area contributed by atoms with Gasteiger partial charge in [-0.05, 0) is 45.5 Å². The number of hydrogen-bond acceptors (Lipinski definition) is 2. The number of rotatable bonds is 13. The first-order chi connectivity index (χ1) is 12.0. The topological polar surface area (TPSA) is 32.3 Å². The van der Waals surface area contributed by atoms with Crippen molar-refractivity contribution >= 4 is 5.91 Å². The van der Waals surface area contributed by atoms with E-state index in [0.29, 0.717) is 6.42 Å². The Morgan fingerprint density at radius 1 is 1.00 bits per heavy atom. The highest BCUT2D eigenvalue weighted by molar-refractivity contribution is 5.77. The highest BCUT2D eigenvalue weighted by Crippen LogP contribution is 2.38. The van der Waals surface area contributed by atoms with E-state index >= 15 is 0 Å². The molecule has 0 radical (unpaired) electrons.